The van der Waals surface area contributed by atoms with E-state index in [2.05, 4.69) is 29.3 Å². The molecule has 1 heterocycles. The van der Waals surface area contributed by atoms with E-state index in [1.165, 1.54) is 0 Å². The minimum Gasteiger partial charge on any atom is -0.376 e. The molecule has 0 aliphatic carbocycles. The molecule has 31 nitrogen and oxygen atoms in total. The molecule has 7 N–H and O–H groups in total. The van der Waals surface area contributed by atoms with Gasteiger partial charge in [0.2, 0.25) is 0 Å². The molecule has 0 aromatic heterocycles. The van der Waals surface area contributed by atoms with Crippen LogP contribution in [0.5, 0.6) is 0 Å². The van der Waals surface area contributed by atoms with Crippen molar-refractivity contribution in [1.82, 2.24) is 0 Å². The summed E-state index contributed by atoms with van der Waals surface area (Å²) < 4.78 is 263. The first-order chi connectivity index (χ1) is 23.2. The highest BCUT2D eigenvalue weighted by Crippen LogP contribution is 2.32. The van der Waals surface area contributed by atoms with Crippen LogP contribution in [0, 0.1) is 0 Å². The van der Waals surface area contributed by atoms with Gasteiger partial charge >= 0.3 is 73.8 Å². The average Bonchev–Trinajstić information content (AvgIpc) is 2.90. The van der Waals surface area contributed by atoms with Crippen LogP contribution in [0.25, 0.3) is 0 Å². The molecule has 38 heteroatoms. The molecule has 0 bridgehead atoms. The van der Waals surface area contributed by atoms with E-state index in [9.17, 15) is 72.9 Å². The Bertz CT molecular complexity index is 1850. The minimum absolute atomic E-state index is 0.655. The summed E-state index contributed by atoms with van der Waals surface area (Å²) in [6.45, 7) is -4.79. The fourth-order valence-electron chi connectivity index (χ4n) is 4.01. The summed E-state index contributed by atoms with van der Waals surface area (Å²) in [5.41, 5.74) is 0. The third-order valence-corrected chi connectivity index (χ3v) is 8.70. The third kappa shape index (κ3) is 19.6. The predicted molar refractivity (Wildman–Crippen MR) is 153 cm³/mol. The Morgan fingerprint density at radius 1 is 0.596 bits per heavy atom. The van der Waals surface area contributed by atoms with Gasteiger partial charge in [-0.2, -0.15) is 54.7 Å². The summed E-state index contributed by atoms with van der Waals surface area (Å²) in [6.07, 6.45) is -23.2. The Balaban J connectivity index is 3.85. The van der Waals surface area contributed by atoms with Crippen LogP contribution in [0.15, 0.2) is 0 Å². The Hall–Kier alpha value is -0.870. The van der Waals surface area contributed by atoms with Crippen molar-refractivity contribution in [3.8, 4) is 0 Å². The molecular weight excluding hydrogens is 889 g/mol. The highest BCUT2D eigenvalue weighted by Gasteiger charge is 2.54. The summed E-state index contributed by atoms with van der Waals surface area (Å²) in [5.74, 6) is 0. The zero-order valence-electron chi connectivity index (χ0n) is 25.1. The van der Waals surface area contributed by atoms with E-state index in [0.29, 0.717) is 14.2 Å². The van der Waals surface area contributed by atoms with Gasteiger partial charge in [0.25, 0.3) is 0 Å². The SMILES string of the molecule is CO[C@@H]([C@H](OC)[C@@H](COS(=O)(=O)O)OS(=O)(=O)O)[C@@H](CO[C@@H]1O[C@H](COS(=O)(=O)O)[C@@H](OS(=O)O)[C@H](OS(=O)(=O)O)[C@H]1OS(=O)(=O)O)OS(=O)(=O)O. The second-order valence-electron chi connectivity index (χ2n) is 9.08. The Kier molecular flexibility index (Phi) is 18.3. The molecule has 52 heavy (non-hydrogen) atoms. The van der Waals surface area contributed by atoms with Crippen molar-refractivity contribution < 1.29 is 135 Å². The van der Waals surface area contributed by atoms with Gasteiger partial charge in [0.1, 0.15) is 42.7 Å². The molecule has 1 unspecified atom stereocenters. The molecule has 0 aromatic carbocycles. The fraction of sp³-hybridized carbons (Fsp3) is 1.00. The lowest BCUT2D eigenvalue weighted by Gasteiger charge is -2.43. The quantitative estimate of drug-likeness (QED) is 0.0351. The molecule has 0 saturated carbocycles. The van der Waals surface area contributed by atoms with Gasteiger partial charge in [-0.15, -0.1) is 0 Å². The molecule has 0 amide bonds. The van der Waals surface area contributed by atoms with Gasteiger partial charge in [0, 0.05) is 14.2 Å². The van der Waals surface area contributed by atoms with Crippen molar-refractivity contribution >= 4 is 73.8 Å². The Morgan fingerprint density at radius 3 is 1.38 bits per heavy atom. The average molecular weight is 917 g/mol. The van der Waals surface area contributed by atoms with Crippen LogP contribution >= 0.6 is 0 Å². The zero-order chi connectivity index (χ0) is 40.7. The summed E-state index contributed by atoms with van der Waals surface area (Å²) in [4.78, 5) is 0. The number of ether oxygens (including phenoxy) is 4. The van der Waals surface area contributed by atoms with Crippen LogP contribution in [0.4, 0.5) is 0 Å². The van der Waals surface area contributed by atoms with Crippen molar-refractivity contribution in [3.63, 3.8) is 0 Å². The van der Waals surface area contributed by atoms with Crippen molar-refractivity contribution in [3.05, 3.63) is 0 Å². The summed E-state index contributed by atoms with van der Waals surface area (Å²) in [5, 5.41) is 0. The lowest BCUT2D eigenvalue weighted by Crippen LogP contribution is -2.63. The van der Waals surface area contributed by atoms with E-state index in [-0.39, 0.29) is 0 Å². The van der Waals surface area contributed by atoms with Gasteiger partial charge in [-0.1, -0.05) is 0 Å². The van der Waals surface area contributed by atoms with E-state index in [4.69, 9.17) is 32.6 Å². The van der Waals surface area contributed by atoms with Crippen molar-refractivity contribution in [1.29, 1.82) is 0 Å². The summed E-state index contributed by atoms with van der Waals surface area (Å²) in [7, 11) is -32.7. The van der Waals surface area contributed by atoms with Crippen LogP contribution in [0.2, 0.25) is 0 Å². The molecular formula is C14H28O31S7. The van der Waals surface area contributed by atoms with Crippen molar-refractivity contribution in [2.24, 2.45) is 0 Å². The van der Waals surface area contributed by atoms with Crippen molar-refractivity contribution in [2.45, 2.75) is 55.1 Å². The fourth-order valence-corrected chi connectivity index (χ4v) is 6.98. The number of rotatable bonds is 24. The van der Waals surface area contributed by atoms with Crippen molar-refractivity contribution in [2.75, 3.05) is 34.0 Å². The predicted octanol–water partition coefficient (Wildman–Crippen LogP) is -5.33. The zero-order valence-corrected chi connectivity index (χ0v) is 30.8. The second kappa shape index (κ2) is 19.3. The molecule has 1 aliphatic heterocycles. The maximum atomic E-state index is 11.7. The topological polar surface area (TPSA) is 465 Å². The molecule has 312 valence electrons. The van der Waals surface area contributed by atoms with E-state index in [1.807, 2.05) is 0 Å². The highest BCUT2D eigenvalue weighted by molar-refractivity contribution is 7.82. The van der Waals surface area contributed by atoms with E-state index in [1.54, 1.807) is 0 Å². The summed E-state index contributed by atoms with van der Waals surface area (Å²) >= 11 is -3.56. The first kappa shape index (κ1) is 49.1. The smallest absolute Gasteiger partial charge is 0.376 e. The highest BCUT2D eigenvalue weighted by atomic mass is 32.3. The van der Waals surface area contributed by atoms with E-state index in [0.717, 1.165) is 0 Å². The monoisotopic (exact) mass is 916 g/mol. The summed E-state index contributed by atoms with van der Waals surface area (Å²) in [6, 6.07) is 0. The minimum atomic E-state index is -5.87. The van der Waals surface area contributed by atoms with Gasteiger partial charge in [-0.25, -0.2) is 25.1 Å². The van der Waals surface area contributed by atoms with Gasteiger partial charge in [-0.05, 0) is 0 Å². The molecule has 10 atom stereocenters. The molecule has 1 rings (SSSR count). The largest absolute Gasteiger partial charge is 0.397 e. The lowest BCUT2D eigenvalue weighted by molar-refractivity contribution is -0.292. The molecule has 0 spiro atoms. The molecule has 1 fully saturated rings. The first-order valence-corrected chi connectivity index (χ1v) is 21.4. The Labute approximate surface area is 296 Å². The maximum Gasteiger partial charge on any atom is 0.397 e. The maximum absolute atomic E-state index is 11.7. The van der Waals surface area contributed by atoms with Crippen LogP contribution in [-0.4, -0.2) is 176 Å². The molecule has 0 aromatic rings. The molecule has 0 radical (unpaired) electrons. The lowest BCUT2D eigenvalue weighted by atomic mass is 9.99. The second-order valence-corrected chi connectivity index (χ2v) is 16.1. The van der Waals surface area contributed by atoms with Gasteiger partial charge in [0.05, 0.1) is 19.8 Å². The van der Waals surface area contributed by atoms with Crippen LogP contribution < -0.4 is 0 Å². The van der Waals surface area contributed by atoms with Crippen LogP contribution in [0.1, 0.15) is 0 Å². The third-order valence-electron chi connectivity index (χ3n) is 5.53. The van der Waals surface area contributed by atoms with E-state index >= 15 is 0 Å². The number of methoxy groups -OCH3 is 2. The van der Waals surface area contributed by atoms with Crippen LogP contribution in [-0.2, 0) is 122 Å². The van der Waals surface area contributed by atoms with Gasteiger partial charge in [0.15, 0.2) is 12.4 Å². The van der Waals surface area contributed by atoms with Gasteiger partial charge in [-0.3, -0.25) is 36.1 Å². The normalized spacial score (nSPS) is 25.6. The van der Waals surface area contributed by atoms with Crippen LogP contribution in [0.3, 0.4) is 0 Å². The number of hydrogen-bond donors (Lipinski definition) is 7. The number of hydrogen-bond acceptors (Lipinski definition) is 24. The Morgan fingerprint density at radius 2 is 1.02 bits per heavy atom. The van der Waals surface area contributed by atoms with E-state index < -0.39 is 149 Å². The standard InChI is InChI=1S/C14H28O31S7/c1-35-9(10(36-2)8(43-50(26,27)28)5-39-48(20,21)22)7(42-49(23,24)25)3-37-14-13(45-52(32,33)34)12(44-51(29,30)31)11(41-46(15)16)6(40-14)4-38-47(17,18)19/h6-14H,3-5H2,1-2H3,(H,15,16)(H,17,18,19)(H,20,21,22)(H,23,24,25)(H,26,27,28)(H,29,30,31)(H,32,33,34)/t6-,7-,8-,9-,10-,11-,12+,13-,14-/m1/s1. The first-order valence-electron chi connectivity index (χ1n) is 12.2. The van der Waals surface area contributed by atoms with Gasteiger partial charge < -0.3 is 18.9 Å². The molecule has 1 aliphatic rings. The molecule has 1 saturated heterocycles.